The van der Waals surface area contributed by atoms with Crippen molar-refractivity contribution in [3.63, 3.8) is 0 Å². The normalized spacial score (nSPS) is 12.1. The number of ketones is 1. The first-order chi connectivity index (χ1) is 19.4. The number of phenolic OH excluding ortho intramolecular Hbond substituents is 1. The highest BCUT2D eigenvalue weighted by atomic mass is 35.5. The van der Waals surface area contributed by atoms with Crippen LogP contribution in [0.5, 0.6) is 5.75 Å². The van der Waals surface area contributed by atoms with Crippen LogP contribution in [0.4, 0.5) is 32.2 Å². The van der Waals surface area contributed by atoms with Gasteiger partial charge in [-0.15, -0.1) is 0 Å². The lowest BCUT2D eigenvalue weighted by molar-refractivity contribution is -0.145. The highest BCUT2D eigenvalue weighted by Crippen LogP contribution is 2.40. The summed E-state index contributed by atoms with van der Waals surface area (Å²) in [5.74, 6) is -1.25. The Morgan fingerprint density at radius 1 is 1.12 bits per heavy atom. The Hall–Kier alpha value is -3.81. The van der Waals surface area contributed by atoms with Crippen LogP contribution in [0, 0.1) is 11.3 Å². The lowest BCUT2D eigenvalue weighted by Gasteiger charge is -2.13. The number of esters is 1. The van der Waals surface area contributed by atoms with Gasteiger partial charge in [0.2, 0.25) is 0 Å². The predicted molar refractivity (Wildman–Crippen MR) is 138 cm³/mol. The number of alkyl halides is 6. The van der Waals surface area contributed by atoms with E-state index in [9.17, 15) is 40.1 Å². The Morgan fingerprint density at radius 3 is 2.12 bits per heavy atom. The van der Waals surface area contributed by atoms with Gasteiger partial charge in [-0.3, -0.25) is 9.59 Å². The summed E-state index contributed by atoms with van der Waals surface area (Å²) in [4.78, 5) is 20.6. The number of rotatable bonds is 7. The van der Waals surface area contributed by atoms with Gasteiger partial charge in [-0.25, -0.2) is 8.89 Å². The number of nitrogens with zero attached hydrogens (tertiary/aromatic N) is 3. The lowest BCUT2D eigenvalue weighted by Crippen LogP contribution is -2.18. The predicted octanol–water partition coefficient (Wildman–Crippen LogP) is 5.74. The number of hydrogen-bond acceptors (Lipinski definition) is 8. The lowest BCUT2D eigenvalue weighted by atomic mass is 10.1. The zero-order valence-electron chi connectivity index (χ0n) is 21.0. The summed E-state index contributed by atoms with van der Waals surface area (Å²) < 4.78 is 92.9. The van der Waals surface area contributed by atoms with E-state index in [1.165, 1.54) is 13.0 Å². The molecule has 0 aliphatic rings. The second kappa shape index (κ2) is 13.9. The Morgan fingerprint density at radius 2 is 1.67 bits per heavy atom. The first kappa shape index (κ1) is 34.4. The number of phenols is 1. The molecule has 0 spiro atoms. The fraction of sp³-hybridized carbons (Fsp3) is 0.250. The van der Waals surface area contributed by atoms with Gasteiger partial charge < -0.3 is 15.6 Å². The monoisotopic (exact) mass is 658 g/mol. The number of ether oxygens (including phenoxy) is 1. The number of nitrogen functional groups attached to an aromatic ring is 1. The van der Waals surface area contributed by atoms with Crippen LogP contribution in [0.3, 0.4) is 0 Å². The first-order valence-electron chi connectivity index (χ1n) is 11.1. The minimum Gasteiger partial charge on any atom is -0.508 e. The highest BCUT2D eigenvalue weighted by molar-refractivity contribution is 7.86. The van der Waals surface area contributed by atoms with Crippen molar-refractivity contribution in [3.05, 3.63) is 63.3 Å². The summed E-state index contributed by atoms with van der Waals surface area (Å²) in [5.41, 5.74) is -1.45. The van der Waals surface area contributed by atoms with Gasteiger partial charge in [-0.2, -0.15) is 36.7 Å². The molecule has 42 heavy (non-hydrogen) atoms. The molecule has 1 heterocycles. The van der Waals surface area contributed by atoms with Crippen LogP contribution in [-0.4, -0.2) is 43.0 Å². The smallest absolute Gasteiger partial charge is 0.476 e. The van der Waals surface area contributed by atoms with Gasteiger partial charge >= 0.3 is 17.7 Å². The number of aryl methyl sites for hydroxylation is 1. The molecule has 0 saturated carbocycles. The fourth-order valence-corrected chi connectivity index (χ4v) is 4.51. The molecular weight excluding hydrogens is 641 g/mol. The molecule has 1 unspecified atom stereocenters. The minimum absolute atomic E-state index is 0.108. The number of aromatic nitrogens is 2. The van der Waals surface area contributed by atoms with Gasteiger partial charge in [0.1, 0.15) is 34.8 Å². The summed E-state index contributed by atoms with van der Waals surface area (Å²) in [6.07, 6.45) is -3.87. The van der Waals surface area contributed by atoms with Crippen molar-refractivity contribution in [1.82, 2.24) is 9.78 Å². The number of Topliss-reactive ketones (excluding diaryl/α,β-unsaturated/α-hetero) is 1. The molecule has 0 aliphatic heterocycles. The molecule has 0 saturated heterocycles. The van der Waals surface area contributed by atoms with Gasteiger partial charge in [0.25, 0.3) is 0 Å². The molecule has 9 nitrogen and oxygen atoms in total. The molecule has 3 rings (SSSR count). The second-order valence-electron chi connectivity index (χ2n) is 8.07. The summed E-state index contributed by atoms with van der Waals surface area (Å²) in [6.45, 7) is 1.11. The van der Waals surface area contributed by atoms with Crippen LogP contribution in [0.25, 0.3) is 5.69 Å². The topological polar surface area (TPSA) is 148 Å². The zero-order valence-corrected chi connectivity index (χ0v) is 23.3. The second-order valence-corrected chi connectivity index (χ2v) is 10.3. The van der Waals surface area contributed by atoms with Crippen molar-refractivity contribution in [2.45, 2.75) is 36.3 Å². The number of benzene rings is 2. The Balaban J connectivity index is 0.000000330. The van der Waals surface area contributed by atoms with Crippen molar-refractivity contribution >= 4 is 51.6 Å². The quantitative estimate of drug-likeness (QED) is 0.241. The molecule has 1 atom stereocenters. The summed E-state index contributed by atoms with van der Waals surface area (Å²) in [7, 11) is -3.71. The first-order valence-corrected chi connectivity index (χ1v) is 13.0. The number of hydrogen-bond donors (Lipinski definition) is 2. The van der Waals surface area contributed by atoms with Crippen molar-refractivity contribution in [2.24, 2.45) is 0 Å². The van der Waals surface area contributed by atoms with Crippen molar-refractivity contribution in [3.8, 4) is 17.5 Å². The van der Waals surface area contributed by atoms with Crippen LogP contribution in [0.2, 0.25) is 10.0 Å². The molecular formula is C24H18Cl2F6N4O5S. The van der Waals surface area contributed by atoms with Gasteiger partial charge in [-0.05, 0) is 36.2 Å². The number of halogens is 8. The van der Waals surface area contributed by atoms with Crippen molar-refractivity contribution < 1.29 is 50.0 Å². The standard InChI is InChI=1S/C12H4Cl2F6N4OS.C12H14O4/c13-5-1-4(11(15,16)17)2-6(14)8(5)24-10(22)9(7(3-21)23-24)26(25)12(18,19)20;1-9(13)16-8-12(15)7-4-10-2-5-11(14)6-3-10/h1-2H,22H2;2-3,5-6,14H,4,7-8H2,1H3. The fourth-order valence-electron chi connectivity index (χ4n) is 3.09. The molecule has 226 valence electrons. The number of carbonyl (C=O) groups excluding carboxylic acids is 2. The molecule has 0 fully saturated rings. The number of anilines is 1. The molecule has 0 radical (unpaired) electrons. The summed E-state index contributed by atoms with van der Waals surface area (Å²) in [6, 6.07) is 8.86. The third-order valence-corrected chi connectivity index (χ3v) is 6.77. The molecule has 18 heteroatoms. The molecule has 2 aromatic carbocycles. The molecule has 0 amide bonds. The van der Waals surface area contributed by atoms with Crippen LogP contribution >= 0.6 is 23.2 Å². The highest BCUT2D eigenvalue weighted by Gasteiger charge is 2.42. The minimum atomic E-state index is -5.25. The average molecular weight is 659 g/mol. The third kappa shape index (κ3) is 9.10. The van der Waals surface area contributed by atoms with Crippen molar-refractivity contribution in [1.29, 1.82) is 5.26 Å². The van der Waals surface area contributed by atoms with E-state index in [0.717, 1.165) is 5.56 Å². The number of nitrogens with two attached hydrogens (primary N) is 1. The average Bonchev–Trinajstić information content (AvgIpc) is 3.21. The Labute approximate surface area is 245 Å². The van der Waals surface area contributed by atoms with Crippen LogP contribution < -0.4 is 5.73 Å². The zero-order chi connectivity index (χ0) is 32.0. The van der Waals surface area contributed by atoms with E-state index < -0.39 is 66.2 Å². The maximum atomic E-state index is 12.7. The van der Waals surface area contributed by atoms with Crippen molar-refractivity contribution in [2.75, 3.05) is 12.3 Å². The Kier molecular flexibility index (Phi) is 11.4. The van der Waals surface area contributed by atoms with E-state index in [-0.39, 0.29) is 18.1 Å². The van der Waals surface area contributed by atoms with E-state index in [0.29, 0.717) is 29.7 Å². The molecule has 0 bridgehead atoms. The Bertz CT molecular complexity index is 1510. The number of nitriles is 1. The molecule has 1 aromatic heterocycles. The molecule has 0 aliphatic carbocycles. The SMILES string of the molecule is CC(=O)OCC(=O)CCc1ccc(O)cc1.N#Cc1nn(-c2c(Cl)cc(C(F)(F)F)cc2Cl)c(N)c1S(=O)C(F)(F)F. The van der Waals surface area contributed by atoms with E-state index in [4.69, 9.17) is 39.3 Å². The van der Waals surface area contributed by atoms with Crippen LogP contribution in [0.1, 0.15) is 30.2 Å². The van der Waals surface area contributed by atoms with E-state index in [2.05, 4.69) is 9.84 Å². The van der Waals surface area contributed by atoms with E-state index in [1.807, 2.05) is 0 Å². The van der Waals surface area contributed by atoms with E-state index in [1.54, 1.807) is 24.3 Å². The van der Waals surface area contributed by atoms with Crippen LogP contribution in [-0.2, 0) is 37.7 Å². The maximum Gasteiger partial charge on any atom is 0.476 e. The summed E-state index contributed by atoms with van der Waals surface area (Å²) >= 11 is 11.5. The van der Waals surface area contributed by atoms with Gasteiger partial charge in [0, 0.05) is 13.3 Å². The van der Waals surface area contributed by atoms with Gasteiger partial charge in [0.05, 0.1) is 15.6 Å². The maximum absolute atomic E-state index is 12.7. The third-order valence-electron chi connectivity index (χ3n) is 5.00. The van der Waals surface area contributed by atoms with Gasteiger partial charge in [-0.1, -0.05) is 35.3 Å². The van der Waals surface area contributed by atoms with E-state index >= 15 is 0 Å². The number of aromatic hydroxyl groups is 1. The largest absolute Gasteiger partial charge is 0.508 e. The molecule has 3 N–H and O–H groups in total. The number of carbonyl (C=O) groups is 2. The van der Waals surface area contributed by atoms with Gasteiger partial charge in [0.15, 0.2) is 22.3 Å². The summed E-state index contributed by atoms with van der Waals surface area (Å²) in [5, 5.41) is 20.1. The molecule has 3 aromatic rings. The van der Waals surface area contributed by atoms with Crippen LogP contribution in [0.15, 0.2) is 41.3 Å².